The fourth-order valence-corrected chi connectivity index (χ4v) is 2.16. The molecule has 0 fully saturated rings. The molecule has 94 valence electrons. The minimum absolute atomic E-state index is 0.241. The molecular weight excluding hydrogens is 250 g/mol. The Balaban J connectivity index is 2.13. The lowest BCUT2D eigenvalue weighted by atomic mass is 10.2. The summed E-state index contributed by atoms with van der Waals surface area (Å²) in [4.78, 5) is 15.7. The summed E-state index contributed by atoms with van der Waals surface area (Å²) >= 11 is 1.17. The molecule has 0 bridgehead atoms. The van der Waals surface area contributed by atoms with Gasteiger partial charge in [-0.1, -0.05) is 6.07 Å². The Morgan fingerprint density at radius 1 is 1.56 bits per heavy atom. The maximum absolute atomic E-state index is 11.7. The van der Waals surface area contributed by atoms with Crippen molar-refractivity contribution >= 4 is 28.3 Å². The number of aromatic nitrogens is 2. The standard InChI is InChI=1S/C11H13N5OS/c1-13-10(17)8-9(12)16-18-11(8)15-6-7-3-2-4-14-5-7/h2-5,15H,6H2,1H3,(H2,12,16)(H,13,17). The van der Waals surface area contributed by atoms with Crippen LogP contribution in [-0.4, -0.2) is 22.3 Å². The van der Waals surface area contributed by atoms with E-state index in [0.717, 1.165) is 5.56 Å². The van der Waals surface area contributed by atoms with Gasteiger partial charge in [0.2, 0.25) is 0 Å². The third-order valence-electron chi connectivity index (χ3n) is 2.35. The molecule has 0 aromatic carbocycles. The highest BCUT2D eigenvalue weighted by Crippen LogP contribution is 2.26. The van der Waals surface area contributed by atoms with E-state index >= 15 is 0 Å². The summed E-state index contributed by atoms with van der Waals surface area (Å²) in [6.45, 7) is 0.569. The molecule has 0 spiro atoms. The number of nitrogen functional groups attached to an aromatic ring is 1. The molecule has 0 aliphatic heterocycles. The molecule has 2 aromatic rings. The van der Waals surface area contributed by atoms with Gasteiger partial charge < -0.3 is 16.4 Å². The van der Waals surface area contributed by atoms with Crippen molar-refractivity contribution in [1.82, 2.24) is 14.7 Å². The van der Waals surface area contributed by atoms with Crippen LogP contribution in [0.15, 0.2) is 24.5 Å². The SMILES string of the molecule is CNC(=O)c1c(N)nsc1NCc1cccnc1. The Bertz CT molecular complexity index is 540. The molecule has 0 radical (unpaired) electrons. The van der Waals surface area contributed by atoms with E-state index in [4.69, 9.17) is 5.73 Å². The molecule has 0 atom stereocenters. The highest BCUT2D eigenvalue weighted by Gasteiger charge is 2.17. The van der Waals surface area contributed by atoms with Gasteiger partial charge in [-0.3, -0.25) is 9.78 Å². The summed E-state index contributed by atoms with van der Waals surface area (Å²) in [5.41, 5.74) is 7.09. The monoisotopic (exact) mass is 263 g/mol. The molecule has 7 heteroatoms. The number of pyridine rings is 1. The fraction of sp³-hybridized carbons (Fsp3) is 0.182. The second-order valence-electron chi connectivity index (χ2n) is 3.57. The summed E-state index contributed by atoms with van der Waals surface area (Å²) in [5, 5.41) is 6.35. The zero-order valence-corrected chi connectivity index (χ0v) is 10.6. The minimum atomic E-state index is -0.241. The Labute approximate surface area is 108 Å². The number of anilines is 2. The summed E-state index contributed by atoms with van der Waals surface area (Å²) in [7, 11) is 1.56. The van der Waals surface area contributed by atoms with Gasteiger partial charge in [0.1, 0.15) is 10.6 Å². The lowest BCUT2D eigenvalue weighted by molar-refractivity contribution is 0.0965. The molecule has 6 nitrogen and oxygen atoms in total. The molecule has 0 saturated carbocycles. The van der Waals surface area contributed by atoms with Crippen molar-refractivity contribution in [2.24, 2.45) is 0 Å². The molecular formula is C11H13N5OS. The van der Waals surface area contributed by atoms with Crippen molar-refractivity contribution < 1.29 is 4.79 Å². The molecule has 0 unspecified atom stereocenters. The van der Waals surface area contributed by atoms with Crippen molar-refractivity contribution in [2.75, 3.05) is 18.1 Å². The van der Waals surface area contributed by atoms with Gasteiger partial charge in [0.05, 0.1) is 0 Å². The van der Waals surface area contributed by atoms with Crippen LogP contribution in [0.25, 0.3) is 0 Å². The highest BCUT2D eigenvalue weighted by molar-refractivity contribution is 7.11. The van der Waals surface area contributed by atoms with Crippen LogP contribution in [0.3, 0.4) is 0 Å². The Morgan fingerprint density at radius 2 is 2.39 bits per heavy atom. The second-order valence-corrected chi connectivity index (χ2v) is 4.34. The normalized spacial score (nSPS) is 10.1. The largest absolute Gasteiger partial charge is 0.382 e. The molecule has 0 aliphatic carbocycles. The van der Waals surface area contributed by atoms with Gasteiger partial charge in [0.15, 0.2) is 5.82 Å². The van der Waals surface area contributed by atoms with E-state index in [-0.39, 0.29) is 11.7 Å². The second kappa shape index (κ2) is 5.46. The van der Waals surface area contributed by atoms with Gasteiger partial charge in [0.25, 0.3) is 5.91 Å². The van der Waals surface area contributed by atoms with E-state index in [1.54, 1.807) is 19.4 Å². The van der Waals surface area contributed by atoms with E-state index in [1.165, 1.54) is 11.5 Å². The molecule has 1 amide bonds. The average molecular weight is 263 g/mol. The molecule has 18 heavy (non-hydrogen) atoms. The van der Waals surface area contributed by atoms with Gasteiger partial charge in [-0.15, -0.1) is 0 Å². The highest BCUT2D eigenvalue weighted by atomic mass is 32.1. The van der Waals surface area contributed by atoms with E-state index in [9.17, 15) is 4.79 Å². The maximum atomic E-state index is 11.7. The first-order valence-corrected chi connectivity index (χ1v) is 6.09. The predicted octanol–water partition coefficient (Wildman–Crippen LogP) is 1.09. The number of rotatable bonds is 4. The lowest BCUT2D eigenvalue weighted by Gasteiger charge is -2.05. The van der Waals surface area contributed by atoms with Crippen LogP contribution in [0.2, 0.25) is 0 Å². The summed E-state index contributed by atoms with van der Waals surface area (Å²) < 4.78 is 3.98. The van der Waals surface area contributed by atoms with Crippen LogP contribution < -0.4 is 16.4 Å². The van der Waals surface area contributed by atoms with Crippen molar-refractivity contribution in [1.29, 1.82) is 0 Å². The smallest absolute Gasteiger partial charge is 0.257 e. The third-order valence-corrected chi connectivity index (χ3v) is 3.17. The summed E-state index contributed by atoms with van der Waals surface area (Å²) in [5.74, 6) is 0.00275. The number of hydrogen-bond donors (Lipinski definition) is 3. The van der Waals surface area contributed by atoms with Crippen molar-refractivity contribution in [3.05, 3.63) is 35.7 Å². The van der Waals surface area contributed by atoms with Crippen LogP contribution in [0.5, 0.6) is 0 Å². The predicted molar refractivity (Wildman–Crippen MR) is 71.5 cm³/mol. The number of carbonyl (C=O) groups is 1. The van der Waals surface area contributed by atoms with E-state index in [2.05, 4.69) is 20.0 Å². The quantitative estimate of drug-likeness (QED) is 0.768. The van der Waals surface area contributed by atoms with Gasteiger partial charge >= 0.3 is 0 Å². The lowest BCUT2D eigenvalue weighted by Crippen LogP contribution is -2.20. The maximum Gasteiger partial charge on any atom is 0.257 e. The van der Waals surface area contributed by atoms with Crippen LogP contribution >= 0.6 is 11.5 Å². The number of nitrogens with two attached hydrogens (primary N) is 1. The van der Waals surface area contributed by atoms with Gasteiger partial charge in [0, 0.05) is 26.0 Å². The molecule has 4 N–H and O–H groups in total. The van der Waals surface area contributed by atoms with E-state index in [0.29, 0.717) is 17.1 Å². The summed E-state index contributed by atoms with van der Waals surface area (Å²) in [6.07, 6.45) is 3.47. The molecule has 0 saturated heterocycles. The van der Waals surface area contributed by atoms with Gasteiger partial charge in [-0.05, 0) is 23.2 Å². The molecule has 2 aromatic heterocycles. The first kappa shape index (κ1) is 12.3. The first-order valence-electron chi connectivity index (χ1n) is 5.32. The molecule has 0 aliphatic rings. The Kier molecular flexibility index (Phi) is 3.73. The van der Waals surface area contributed by atoms with Gasteiger partial charge in [-0.2, -0.15) is 4.37 Å². The molecule has 2 heterocycles. The van der Waals surface area contributed by atoms with Crippen molar-refractivity contribution in [3.63, 3.8) is 0 Å². The van der Waals surface area contributed by atoms with Gasteiger partial charge in [-0.25, -0.2) is 0 Å². The summed E-state index contributed by atoms with van der Waals surface area (Å²) in [6, 6.07) is 3.81. The average Bonchev–Trinajstić information content (AvgIpc) is 2.78. The van der Waals surface area contributed by atoms with Crippen LogP contribution in [0.4, 0.5) is 10.8 Å². The van der Waals surface area contributed by atoms with Crippen LogP contribution in [0.1, 0.15) is 15.9 Å². The van der Waals surface area contributed by atoms with Crippen LogP contribution in [0, 0.1) is 0 Å². The van der Waals surface area contributed by atoms with Crippen LogP contribution in [-0.2, 0) is 6.54 Å². The number of nitrogens with zero attached hydrogens (tertiary/aromatic N) is 2. The van der Waals surface area contributed by atoms with Crippen molar-refractivity contribution in [2.45, 2.75) is 6.54 Å². The Hall–Kier alpha value is -2.15. The number of amides is 1. The first-order chi connectivity index (χ1) is 8.72. The number of hydrogen-bond acceptors (Lipinski definition) is 6. The van der Waals surface area contributed by atoms with Crippen molar-refractivity contribution in [3.8, 4) is 0 Å². The van der Waals surface area contributed by atoms with E-state index in [1.807, 2.05) is 12.1 Å². The number of nitrogens with one attached hydrogen (secondary N) is 2. The zero-order chi connectivity index (χ0) is 13.0. The zero-order valence-electron chi connectivity index (χ0n) is 9.80. The Morgan fingerprint density at radius 3 is 3.06 bits per heavy atom. The molecule has 2 rings (SSSR count). The topological polar surface area (TPSA) is 92.9 Å². The third kappa shape index (κ3) is 2.57. The fourth-order valence-electron chi connectivity index (χ4n) is 1.45. The number of carbonyl (C=O) groups excluding carboxylic acids is 1. The minimum Gasteiger partial charge on any atom is -0.382 e. The van der Waals surface area contributed by atoms with E-state index < -0.39 is 0 Å².